The van der Waals surface area contributed by atoms with Gasteiger partial charge in [-0.1, -0.05) is 5.16 Å². The van der Waals surface area contributed by atoms with Gasteiger partial charge in [0.15, 0.2) is 5.82 Å². The van der Waals surface area contributed by atoms with Gasteiger partial charge in [0.2, 0.25) is 10.0 Å². The summed E-state index contributed by atoms with van der Waals surface area (Å²) in [7, 11) is 2.55. The van der Waals surface area contributed by atoms with E-state index in [0.29, 0.717) is 17.8 Å². The van der Waals surface area contributed by atoms with Crippen LogP contribution in [-0.2, 0) is 16.4 Å². The van der Waals surface area contributed by atoms with Gasteiger partial charge in [-0.25, -0.2) is 12.7 Å². The largest absolute Gasteiger partial charge is 0.495 e. The van der Waals surface area contributed by atoms with Crippen LogP contribution in [0.4, 0.5) is 0 Å². The van der Waals surface area contributed by atoms with Gasteiger partial charge in [-0.3, -0.25) is 0 Å². The van der Waals surface area contributed by atoms with Crippen molar-refractivity contribution in [3.8, 4) is 17.2 Å². The Morgan fingerprint density at radius 2 is 2.04 bits per heavy atom. The van der Waals surface area contributed by atoms with Crippen molar-refractivity contribution < 1.29 is 17.7 Å². The lowest BCUT2D eigenvalue weighted by atomic mass is 10.2. The number of hydrogen-bond donors (Lipinski definition) is 1. The van der Waals surface area contributed by atoms with E-state index in [2.05, 4.69) is 15.5 Å². The number of hydrogen-bond acceptors (Lipinski definition) is 7. The van der Waals surface area contributed by atoms with E-state index >= 15 is 0 Å². The number of sulfonamides is 1. The van der Waals surface area contributed by atoms with Crippen molar-refractivity contribution in [3.05, 3.63) is 24.0 Å². The molecule has 0 spiro atoms. The summed E-state index contributed by atoms with van der Waals surface area (Å²) < 4.78 is 36.5. The normalized spacial score (nSPS) is 12.7. The number of rotatable bonds is 7. The molecule has 1 aromatic carbocycles. The SMILES string of the molecule is CNC(C)Cc1noc(-c2ccc(OC)c(S(=O)(=O)N(C)C)c2)n1.Cl. The van der Waals surface area contributed by atoms with Crippen molar-refractivity contribution in [1.82, 2.24) is 19.8 Å². The summed E-state index contributed by atoms with van der Waals surface area (Å²) in [5.74, 6) is 1.09. The van der Waals surface area contributed by atoms with Gasteiger partial charge in [0.05, 0.1) is 7.11 Å². The molecule has 0 aliphatic rings. The Bertz CT molecular complexity index is 808. The van der Waals surface area contributed by atoms with Crippen molar-refractivity contribution in [3.63, 3.8) is 0 Å². The van der Waals surface area contributed by atoms with E-state index in [0.717, 1.165) is 4.31 Å². The van der Waals surface area contributed by atoms with Crippen molar-refractivity contribution in [2.75, 3.05) is 28.3 Å². The van der Waals surface area contributed by atoms with Gasteiger partial charge in [0.1, 0.15) is 10.6 Å². The molecule has 0 bridgehead atoms. The third-order valence-corrected chi connectivity index (χ3v) is 5.46. The summed E-state index contributed by atoms with van der Waals surface area (Å²) in [5, 5.41) is 7.03. The van der Waals surface area contributed by atoms with E-state index in [1.54, 1.807) is 12.1 Å². The van der Waals surface area contributed by atoms with Crippen LogP contribution in [0.3, 0.4) is 0 Å². The third-order valence-electron chi connectivity index (χ3n) is 3.62. The summed E-state index contributed by atoms with van der Waals surface area (Å²) in [6, 6.07) is 4.95. The summed E-state index contributed by atoms with van der Waals surface area (Å²) >= 11 is 0. The second-order valence-electron chi connectivity index (χ2n) is 5.56. The molecule has 8 nitrogen and oxygen atoms in total. The fraction of sp³-hybridized carbons (Fsp3) is 0.467. The molecule has 10 heteroatoms. The number of halogens is 1. The number of ether oxygens (including phenoxy) is 1. The minimum Gasteiger partial charge on any atom is -0.495 e. The molecule has 1 unspecified atom stereocenters. The molecule has 0 saturated heterocycles. The molecule has 2 aromatic rings. The predicted octanol–water partition coefficient (Wildman–Crippen LogP) is 1.57. The summed E-state index contributed by atoms with van der Waals surface area (Å²) in [4.78, 5) is 4.38. The molecule has 1 aromatic heterocycles. The van der Waals surface area contributed by atoms with Gasteiger partial charge >= 0.3 is 0 Å². The number of benzene rings is 1. The lowest BCUT2D eigenvalue weighted by Crippen LogP contribution is -2.24. The van der Waals surface area contributed by atoms with E-state index in [1.165, 1.54) is 27.3 Å². The Labute approximate surface area is 154 Å². The highest BCUT2D eigenvalue weighted by Crippen LogP contribution is 2.30. The third kappa shape index (κ3) is 4.69. The zero-order valence-electron chi connectivity index (χ0n) is 14.8. The fourth-order valence-electron chi connectivity index (χ4n) is 2.04. The van der Waals surface area contributed by atoms with Crippen molar-refractivity contribution in [2.45, 2.75) is 24.3 Å². The first-order valence-corrected chi connectivity index (χ1v) is 8.84. The lowest BCUT2D eigenvalue weighted by Gasteiger charge is -2.14. The summed E-state index contributed by atoms with van der Waals surface area (Å²) in [6.45, 7) is 2.01. The van der Waals surface area contributed by atoms with Crippen LogP contribution in [-0.4, -0.2) is 57.2 Å². The molecule has 0 aliphatic carbocycles. The molecule has 1 heterocycles. The molecule has 1 N–H and O–H groups in total. The van der Waals surface area contributed by atoms with E-state index in [4.69, 9.17) is 9.26 Å². The fourth-order valence-corrected chi connectivity index (χ4v) is 3.11. The average molecular weight is 391 g/mol. The molecule has 2 rings (SSSR count). The number of aromatic nitrogens is 2. The van der Waals surface area contributed by atoms with Crippen LogP contribution in [0.5, 0.6) is 5.75 Å². The van der Waals surface area contributed by atoms with Crippen LogP contribution in [0.15, 0.2) is 27.6 Å². The molecule has 1 atom stereocenters. The van der Waals surface area contributed by atoms with Crippen LogP contribution in [0, 0.1) is 0 Å². The number of nitrogens with zero attached hydrogens (tertiary/aromatic N) is 3. The van der Waals surface area contributed by atoms with Crippen molar-refractivity contribution >= 4 is 22.4 Å². The maximum absolute atomic E-state index is 12.5. The minimum absolute atomic E-state index is 0. The van der Waals surface area contributed by atoms with Crippen LogP contribution < -0.4 is 10.1 Å². The first-order chi connectivity index (χ1) is 11.3. The number of likely N-dealkylation sites (N-methyl/N-ethyl adjacent to an activating group) is 1. The Morgan fingerprint density at radius 3 is 2.60 bits per heavy atom. The standard InChI is InChI=1S/C15H22N4O4S.ClH/c1-10(16-2)8-14-17-15(23-18-14)11-6-7-12(22-5)13(9-11)24(20,21)19(3)4;/h6-7,9-10,16H,8H2,1-5H3;1H. The smallest absolute Gasteiger partial charge is 0.257 e. The van der Waals surface area contributed by atoms with Crippen molar-refractivity contribution in [1.29, 1.82) is 0 Å². The highest BCUT2D eigenvalue weighted by atomic mass is 35.5. The minimum atomic E-state index is -3.66. The molecular formula is C15H23ClN4O4S. The van der Waals surface area contributed by atoms with Crippen LogP contribution in [0.2, 0.25) is 0 Å². The summed E-state index contributed by atoms with van der Waals surface area (Å²) in [5.41, 5.74) is 0.520. The zero-order valence-corrected chi connectivity index (χ0v) is 16.4. The van der Waals surface area contributed by atoms with E-state index in [1.807, 2.05) is 14.0 Å². The van der Waals surface area contributed by atoms with Gasteiger partial charge in [-0.2, -0.15) is 4.98 Å². The highest BCUT2D eigenvalue weighted by Gasteiger charge is 2.24. The molecule has 0 aliphatic heterocycles. The lowest BCUT2D eigenvalue weighted by molar-refractivity contribution is 0.399. The van der Waals surface area contributed by atoms with Gasteiger partial charge < -0.3 is 14.6 Å². The molecule has 0 radical (unpaired) electrons. The van der Waals surface area contributed by atoms with E-state index < -0.39 is 10.0 Å². The van der Waals surface area contributed by atoms with Gasteiger partial charge in [-0.05, 0) is 32.2 Å². The molecule has 140 valence electrons. The van der Waals surface area contributed by atoms with Crippen LogP contribution in [0.1, 0.15) is 12.7 Å². The van der Waals surface area contributed by atoms with E-state index in [-0.39, 0.29) is 35.0 Å². The zero-order chi connectivity index (χ0) is 17.9. The predicted molar refractivity (Wildman–Crippen MR) is 96.6 cm³/mol. The molecule has 0 amide bonds. The number of nitrogens with one attached hydrogen (secondary N) is 1. The van der Waals surface area contributed by atoms with E-state index in [9.17, 15) is 8.42 Å². The highest BCUT2D eigenvalue weighted by molar-refractivity contribution is 7.89. The topological polar surface area (TPSA) is 97.6 Å². The molecule has 25 heavy (non-hydrogen) atoms. The van der Waals surface area contributed by atoms with Gasteiger partial charge in [0.25, 0.3) is 5.89 Å². The monoisotopic (exact) mass is 390 g/mol. The number of methoxy groups -OCH3 is 1. The van der Waals surface area contributed by atoms with Crippen LogP contribution in [0.25, 0.3) is 11.5 Å². The molecule has 0 saturated carbocycles. The Morgan fingerprint density at radius 1 is 1.36 bits per heavy atom. The first kappa shape index (κ1) is 21.4. The Hall–Kier alpha value is -1.68. The second kappa shape index (κ2) is 8.61. The molecule has 0 fully saturated rings. The van der Waals surface area contributed by atoms with Crippen molar-refractivity contribution in [2.24, 2.45) is 0 Å². The second-order valence-corrected chi connectivity index (χ2v) is 7.68. The average Bonchev–Trinajstić information content (AvgIpc) is 3.02. The Kier molecular flexibility index (Phi) is 7.36. The van der Waals surface area contributed by atoms with Gasteiger partial charge in [-0.15, -0.1) is 12.4 Å². The summed E-state index contributed by atoms with van der Waals surface area (Å²) in [6.07, 6.45) is 0.610. The first-order valence-electron chi connectivity index (χ1n) is 7.40. The Balaban J connectivity index is 0.00000312. The maximum atomic E-state index is 12.5. The van der Waals surface area contributed by atoms with Crippen LogP contribution >= 0.6 is 12.4 Å². The van der Waals surface area contributed by atoms with Gasteiger partial charge in [0, 0.05) is 32.1 Å². The maximum Gasteiger partial charge on any atom is 0.257 e. The molecular weight excluding hydrogens is 368 g/mol. The quantitative estimate of drug-likeness (QED) is 0.766.